The third-order valence-corrected chi connectivity index (χ3v) is 5.67. The van der Waals surface area contributed by atoms with Gasteiger partial charge in [0.1, 0.15) is 5.76 Å². The molecule has 2 aromatic carbocycles. The van der Waals surface area contributed by atoms with Crippen molar-refractivity contribution in [2.45, 2.75) is 17.2 Å². The van der Waals surface area contributed by atoms with Gasteiger partial charge < -0.3 is 9.73 Å². The van der Waals surface area contributed by atoms with Crippen LogP contribution in [0.3, 0.4) is 0 Å². The molecular weight excluding hydrogens is 438 g/mol. The van der Waals surface area contributed by atoms with E-state index in [-0.39, 0.29) is 17.4 Å². The Morgan fingerprint density at radius 3 is 2.62 bits per heavy atom. The number of hydrogen-bond donors (Lipinski definition) is 1. The highest BCUT2D eigenvalue weighted by Crippen LogP contribution is 2.18. The molecule has 0 aliphatic rings. The summed E-state index contributed by atoms with van der Waals surface area (Å²) in [5.74, 6) is 0.572. The molecule has 0 aliphatic heterocycles. The normalized spacial score (nSPS) is 11.9. The summed E-state index contributed by atoms with van der Waals surface area (Å²) in [5.41, 5.74) is 0.975. The van der Waals surface area contributed by atoms with Crippen molar-refractivity contribution in [3.8, 4) is 0 Å². The van der Waals surface area contributed by atoms with Crippen molar-refractivity contribution >= 4 is 44.2 Å². The predicted molar refractivity (Wildman–Crippen MR) is 106 cm³/mol. The van der Waals surface area contributed by atoms with Crippen molar-refractivity contribution in [1.82, 2.24) is 5.32 Å². The van der Waals surface area contributed by atoms with Crippen LogP contribution in [0.4, 0.5) is 0 Å². The molecule has 4 nitrogen and oxygen atoms in total. The Hall–Kier alpha value is -1.89. The van der Waals surface area contributed by atoms with E-state index in [0.29, 0.717) is 22.2 Å². The summed E-state index contributed by atoms with van der Waals surface area (Å²) < 4.78 is 18.8. The molecule has 0 radical (unpaired) electrons. The Labute approximate surface area is 167 Å². The Morgan fingerprint density at radius 1 is 1.12 bits per heavy atom. The Bertz CT molecular complexity index is 940. The van der Waals surface area contributed by atoms with Gasteiger partial charge in [0.05, 0.1) is 16.6 Å². The number of carbonyl (C=O) groups excluding carboxylic acids is 1. The molecule has 3 aromatic rings. The molecule has 3 rings (SSSR count). The highest BCUT2D eigenvalue weighted by Gasteiger charge is 2.13. The van der Waals surface area contributed by atoms with Gasteiger partial charge in [-0.15, -0.1) is 0 Å². The van der Waals surface area contributed by atoms with Crippen LogP contribution in [0.15, 0.2) is 74.4 Å². The molecule has 134 valence electrons. The zero-order chi connectivity index (χ0) is 18.5. The fourth-order valence-corrected chi connectivity index (χ4v) is 3.89. The van der Waals surface area contributed by atoms with Crippen LogP contribution >= 0.6 is 27.5 Å². The summed E-state index contributed by atoms with van der Waals surface area (Å²) in [6.45, 7) is 0.394. The summed E-state index contributed by atoms with van der Waals surface area (Å²) in [6, 6.07) is 17.8. The number of nitrogens with one attached hydrogen (secondary N) is 1. The lowest BCUT2D eigenvalue weighted by atomic mass is 10.2. The summed E-state index contributed by atoms with van der Waals surface area (Å²) >= 11 is 9.23. The van der Waals surface area contributed by atoms with Crippen LogP contribution in [-0.2, 0) is 23.1 Å². The quantitative estimate of drug-likeness (QED) is 0.577. The first-order valence-electron chi connectivity index (χ1n) is 7.76. The van der Waals surface area contributed by atoms with Crippen LogP contribution in [0.5, 0.6) is 0 Å². The standard InChI is InChI=1S/C19H15BrClNO3S/c20-14-3-1-2-13(10-14)11-22-19(23)18-9-6-16(25-18)12-26(24)17-7-4-15(21)5-8-17/h1-10H,11-12H2,(H,22,23)/t26-/m1/s1. The number of benzene rings is 2. The van der Waals surface area contributed by atoms with Crippen LogP contribution in [0.1, 0.15) is 21.9 Å². The zero-order valence-electron chi connectivity index (χ0n) is 13.6. The number of hydrogen-bond acceptors (Lipinski definition) is 3. The molecule has 1 aromatic heterocycles. The van der Waals surface area contributed by atoms with Gasteiger partial charge in [0.25, 0.3) is 5.91 Å². The van der Waals surface area contributed by atoms with Gasteiger partial charge in [0.15, 0.2) is 5.76 Å². The van der Waals surface area contributed by atoms with Crippen LogP contribution in [-0.4, -0.2) is 10.1 Å². The molecule has 7 heteroatoms. The van der Waals surface area contributed by atoms with E-state index in [2.05, 4.69) is 21.2 Å². The van der Waals surface area contributed by atoms with Crippen molar-refractivity contribution in [2.24, 2.45) is 0 Å². The minimum absolute atomic E-state index is 0.195. The highest BCUT2D eigenvalue weighted by atomic mass is 79.9. The molecule has 0 saturated carbocycles. The van der Waals surface area contributed by atoms with Crippen LogP contribution in [0.25, 0.3) is 0 Å². The van der Waals surface area contributed by atoms with Crippen molar-refractivity contribution in [3.05, 3.63) is 87.2 Å². The number of halogens is 2. The fraction of sp³-hybridized carbons (Fsp3) is 0.105. The van der Waals surface area contributed by atoms with E-state index in [9.17, 15) is 9.00 Å². The molecule has 0 saturated heterocycles. The minimum atomic E-state index is -1.27. The lowest BCUT2D eigenvalue weighted by molar-refractivity contribution is 0.0921. The third kappa shape index (κ3) is 5.06. The van der Waals surface area contributed by atoms with Gasteiger partial charge in [-0.05, 0) is 54.1 Å². The topological polar surface area (TPSA) is 59.3 Å². The summed E-state index contributed by atoms with van der Waals surface area (Å²) in [6.07, 6.45) is 0. The summed E-state index contributed by atoms with van der Waals surface area (Å²) in [7, 11) is -1.27. The summed E-state index contributed by atoms with van der Waals surface area (Å²) in [4.78, 5) is 12.9. The molecular formula is C19H15BrClNO3S. The average Bonchev–Trinajstić information content (AvgIpc) is 3.09. The average molecular weight is 453 g/mol. The van der Waals surface area contributed by atoms with Crippen LogP contribution in [0, 0.1) is 0 Å². The van der Waals surface area contributed by atoms with E-state index in [1.807, 2.05) is 24.3 Å². The second-order valence-corrected chi connectivity index (χ2v) is 8.33. The molecule has 0 unspecified atom stereocenters. The van der Waals surface area contributed by atoms with Crippen molar-refractivity contribution < 1.29 is 13.4 Å². The second kappa shape index (κ2) is 8.66. The maximum atomic E-state index is 12.4. The smallest absolute Gasteiger partial charge is 0.287 e. The highest BCUT2D eigenvalue weighted by molar-refractivity contribution is 9.10. The molecule has 1 atom stereocenters. The van der Waals surface area contributed by atoms with E-state index in [1.165, 1.54) is 0 Å². The van der Waals surface area contributed by atoms with Gasteiger partial charge in [0, 0.05) is 20.9 Å². The largest absolute Gasteiger partial charge is 0.455 e. The number of amides is 1. The van der Waals surface area contributed by atoms with Crippen LogP contribution < -0.4 is 5.32 Å². The van der Waals surface area contributed by atoms with Gasteiger partial charge >= 0.3 is 0 Å². The zero-order valence-corrected chi connectivity index (χ0v) is 16.7. The molecule has 0 aliphatic carbocycles. The molecule has 26 heavy (non-hydrogen) atoms. The first kappa shape index (κ1) is 18.9. The SMILES string of the molecule is O=C(NCc1cccc(Br)c1)c1ccc(C[S@@](=O)c2ccc(Cl)cc2)o1. The van der Waals surface area contributed by atoms with Gasteiger partial charge in [-0.3, -0.25) is 9.00 Å². The molecule has 0 spiro atoms. The first-order valence-corrected chi connectivity index (χ1v) is 10.3. The molecule has 1 heterocycles. The van der Waals surface area contributed by atoms with Crippen molar-refractivity contribution in [1.29, 1.82) is 0 Å². The molecule has 0 bridgehead atoms. The lowest BCUT2D eigenvalue weighted by Gasteiger charge is -2.04. The minimum Gasteiger partial charge on any atom is -0.455 e. The molecule has 1 amide bonds. The van der Waals surface area contributed by atoms with Gasteiger partial charge in [-0.2, -0.15) is 0 Å². The number of rotatable bonds is 6. The first-order chi connectivity index (χ1) is 12.5. The predicted octanol–water partition coefficient (Wildman–Crippen LogP) is 4.93. The third-order valence-electron chi connectivity index (χ3n) is 3.58. The number of furan rings is 1. The van der Waals surface area contributed by atoms with Gasteiger partial charge in [-0.25, -0.2) is 0 Å². The maximum Gasteiger partial charge on any atom is 0.287 e. The van der Waals surface area contributed by atoms with E-state index in [4.69, 9.17) is 16.0 Å². The van der Waals surface area contributed by atoms with E-state index < -0.39 is 10.8 Å². The Kier molecular flexibility index (Phi) is 6.29. The monoisotopic (exact) mass is 451 g/mol. The van der Waals surface area contributed by atoms with Crippen molar-refractivity contribution in [3.63, 3.8) is 0 Å². The van der Waals surface area contributed by atoms with E-state index in [1.54, 1.807) is 36.4 Å². The Morgan fingerprint density at radius 2 is 1.88 bits per heavy atom. The summed E-state index contributed by atoms with van der Waals surface area (Å²) in [5, 5.41) is 3.39. The van der Waals surface area contributed by atoms with Crippen molar-refractivity contribution in [2.75, 3.05) is 0 Å². The fourth-order valence-electron chi connectivity index (χ4n) is 2.29. The molecule has 1 N–H and O–H groups in total. The molecule has 0 fully saturated rings. The van der Waals surface area contributed by atoms with E-state index in [0.717, 1.165) is 10.0 Å². The Balaban J connectivity index is 1.59. The lowest BCUT2D eigenvalue weighted by Crippen LogP contribution is -2.22. The van der Waals surface area contributed by atoms with Gasteiger partial charge in [0.2, 0.25) is 0 Å². The van der Waals surface area contributed by atoms with Gasteiger partial charge in [-0.1, -0.05) is 39.7 Å². The second-order valence-electron chi connectivity index (χ2n) is 5.52. The van der Waals surface area contributed by atoms with E-state index >= 15 is 0 Å². The maximum absolute atomic E-state index is 12.4. The number of carbonyl (C=O) groups is 1. The van der Waals surface area contributed by atoms with Crippen LogP contribution in [0.2, 0.25) is 5.02 Å².